The first-order chi connectivity index (χ1) is 7.85. The molecule has 1 unspecified atom stereocenters. The van der Waals surface area contributed by atoms with Crippen molar-refractivity contribution >= 4 is 12.1 Å². The highest BCUT2D eigenvalue weighted by molar-refractivity contribution is 5.90. The lowest BCUT2D eigenvalue weighted by molar-refractivity contribution is 0.622. The van der Waals surface area contributed by atoms with E-state index in [0.717, 1.165) is 18.8 Å². The van der Waals surface area contributed by atoms with Gasteiger partial charge in [0.15, 0.2) is 0 Å². The van der Waals surface area contributed by atoms with Crippen molar-refractivity contribution in [3.63, 3.8) is 0 Å². The van der Waals surface area contributed by atoms with Gasteiger partial charge >= 0.3 is 0 Å². The molecule has 0 amide bonds. The predicted molar refractivity (Wildman–Crippen MR) is 67.8 cm³/mol. The Kier molecular flexibility index (Phi) is 3.39. The molecule has 4 heteroatoms. The summed E-state index contributed by atoms with van der Waals surface area (Å²) in [7, 11) is 1.80. The Hall–Kier alpha value is -1.58. The zero-order chi connectivity index (χ0) is 11.4. The number of hydrogen-bond donors (Lipinski definition) is 2. The second kappa shape index (κ2) is 4.96. The van der Waals surface area contributed by atoms with Crippen molar-refractivity contribution in [2.75, 3.05) is 20.3 Å². The van der Waals surface area contributed by atoms with Crippen LogP contribution in [0, 0.1) is 5.92 Å². The summed E-state index contributed by atoms with van der Waals surface area (Å²) in [6, 6.07) is 0. The topological polar surface area (TPSA) is 48.8 Å². The van der Waals surface area contributed by atoms with Crippen LogP contribution >= 0.6 is 0 Å². The van der Waals surface area contributed by atoms with Gasteiger partial charge in [-0.3, -0.25) is 9.98 Å². The van der Waals surface area contributed by atoms with E-state index in [4.69, 9.17) is 0 Å². The average Bonchev–Trinajstić information content (AvgIpc) is 2.31. The molecule has 0 bridgehead atoms. The fourth-order valence-corrected chi connectivity index (χ4v) is 2.10. The SMILES string of the molecule is CCNC1=NCNC2=CC=C(C=NC)CC21. The molecule has 2 aliphatic rings. The van der Waals surface area contributed by atoms with Crippen molar-refractivity contribution in [3.8, 4) is 0 Å². The quantitative estimate of drug-likeness (QED) is 0.682. The van der Waals surface area contributed by atoms with Crippen molar-refractivity contribution in [2.24, 2.45) is 15.9 Å². The molecule has 1 heterocycles. The average molecular weight is 218 g/mol. The Labute approximate surface area is 96.3 Å². The van der Waals surface area contributed by atoms with E-state index in [2.05, 4.69) is 39.7 Å². The van der Waals surface area contributed by atoms with Crippen LogP contribution in [0.15, 0.2) is 33.4 Å². The first-order valence-corrected chi connectivity index (χ1v) is 5.70. The molecule has 0 fully saturated rings. The van der Waals surface area contributed by atoms with Gasteiger partial charge in [0.05, 0.1) is 5.92 Å². The first kappa shape index (κ1) is 10.9. The second-order valence-corrected chi connectivity index (χ2v) is 3.92. The van der Waals surface area contributed by atoms with Crippen LogP contribution in [0.3, 0.4) is 0 Å². The van der Waals surface area contributed by atoms with Crippen molar-refractivity contribution in [1.82, 2.24) is 10.6 Å². The molecule has 4 nitrogen and oxygen atoms in total. The minimum Gasteiger partial charge on any atom is -0.373 e. The maximum atomic E-state index is 4.48. The lowest BCUT2D eigenvalue weighted by Gasteiger charge is -2.30. The standard InChI is InChI=1S/C12H18N4/c1-3-14-12-10-6-9(7-13-2)4-5-11(10)15-8-16-12/h4-5,7,10,15H,3,6,8H2,1-2H3,(H,14,16). The Bertz CT molecular complexity index is 376. The molecule has 0 aromatic heterocycles. The molecule has 16 heavy (non-hydrogen) atoms. The van der Waals surface area contributed by atoms with E-state index in [1.807, 2.05) is 6.21 Å². The van der Waals surface area contributed by atoms with Crippen LogP contribution in [0.1, 0.15) is 13.3 Å². The molecule has 0 aromatic rings. The number of rotatable bonds is 2. The summed E-state index contributed by atoms with van der Waals surface area (Å²) in [6.45, 7) is 3.69. The van der Waals surface area contributed by atoms with Gasteiger partial charge in [-0.2, -0.15) is 0 Å². The zero-order valence-electron chi connectivity index (χ0n) is 9.83. The van der Waals surface area contributed by atoms with E-state index < -0.39 is 0 Å². The predicted octanol–water partition coefficient (Wildman–Crippen LogP) is 1.09. The van der Waals surface area contributed by atoms with Gasteiger partial charge in [-0.1, -0.05) is 6.08 Å². The largest absolute Gasteiger partial charge is 0.373 e. The summed E-state index contributed by atoms with van der Waals surface area (Å²) >= 11 is 0. The van der Waals surface area contributed by atoms with Gasteiger partial charge in [0.2, 0.25) is 0 Å². The number of allylic oxidation sites excluding steroid dienone is 3. The summed E-state index contributed by atoms with van der Waals surface area (Å²) in [5, 5.41) is 6.66. The van der Waals surface area contributed by atoms with E-state index in [0.29, 0.717) is 12.6 Å². The van der Waals surface area contributed by atoms with Crippen molar-refractivity contribution in [1.29, 1.82) is 0 Å². The highest BCUT2D eigenvalue weighted by atomic mass is 15.1. The van der Waals surface area contributed by atoms with Crippen molar-refractivity contribution in [2.45, 2.75) is 13.3 Å². The smallest absolute Gasteiger partial charge is 0.109 e. The van der Waals surface area contributed by atoms with Crippen LogP contribution in [0.25, 0.3) is 0 Å². The summed E-state index contributed by atoms with van der Waals surface area (Å²) in [4.78, 5) is 8.54. The Morgan fingerprint density at radius 2 is 2.50 bits per heavy atom. The summed E-state index contributed by atoms with van der Waals surface area (Å²) < 4.78 is 0. The van der Waals surface area contributed by atoms with Crippen molar-refractivity contribution in [3.05, 3.63) is 23.4 Å². The monoisotopic (exact) mass is 218 g/mol. The van der Waals surface area contributed by atoms with E-state index >= 15 is 0 Å². The fraction of sp³-hybridized carbons (Fsp3) is 0.500. The molecule has 0 saturated heterocycles. The van der Waals surface area contributed by atoms with Gasteiger partial charge in [-0.15, -0.1) is 0 Å². The number of aliphatic imine (C=N–C) groups is 2. The van der Waals surface area contributed by atoms with Crippen LogP contribution < -0.4 is 10.6 Å². The first-order valence-electron chi connectivity index (χ1n) is 5.70. The van der Waals surface area contributed by atoms with Gasteiger partial charge < -0.3 is 10.6 Å². The van der Waals surface area contributed by atoms with Crippen LogP contribution in [0.2, 0.25) is 0 Å². The maximum Gasteiger partial charge on any atom is 0.109 e. The lowest BCUT2D eigenvalue weighted by Crippen LogP contribution is -2.41. The van der Waals surface area contributed by atoms with E-state index in [9.17, 15) is 0 Å². The van der Waals surface area contributed by atoms with Gasteiger partial charge in [0.1, 0.15) is 12.5 Å². The van der Waals surface area contributed by atoms with Crippen LogP contribution in [-0.2, 0) is 0 Å². The van der Waals surface area contributed by atoms with Gasteiger partial charge in [0, 0.05) is 25.5 Å². The lowest BCUT2D eigenvalue weighted by atomic mass is 9.89. The summed E-state index contributed by atoms with van der Waals surface area (Å²) in [6.07, 6.45) is 7.16. The number of hydrogen-bond acceptors (Lipinski definition) is 4. The third-order valence-electron chi connectivity index (χ3n) is 2.81. The number of amidine groups is 1. The normalized spacial score (nSPS) is 24.1. The molecule has 0 spiro atoms. The van der Waals surface area contributed by atoms with Gasteiger partial charge in [-0.05, 0) is 25.0 Å². The number of nitrogens with one attached hydrogen (secondary N) is 2. The van der Waals surface area contributed by atoms with E-state index in [1.165, 1.54) is 11.3 Å². The molecule has 2 rings (SSSR count). The molecule has 0 aromatic carbocycles. The maximum absolute atomic E-state index is 4.48. The molecule has 0 radical (unpaired) electrons. The van der Waals surface area contributed by atoms with E-state index in [1.54, 1.807) is 7.05 Å². The van der Waals surface area contributed by atoms with Gasteiger partial charge in [-0.25, -0.2) is 0 Å². The summed E-state index contributed by atoms with van der Waals surface area (Å²) in [5.41, 5.74) is 2.52. The minimum atomic E-state index is 0.353. The van der Waals surface area contributed by atoms with E-state index in [-0.39, 0.29) is 0 Å². The Morgan fingerprint density at radius 1 is 1.62 bits per heavy atom. The molecule has 1 atom stereocenters. The fourth-order valence-electron chi connectivity index (χ4n) is 2.10. The molecule has 86 valence electrons. The van der Waals surface area contributed by atoms with Gasteiger partial charge in [0.25, 0.3) is 0 Å². The third kappa shape index (κ3) is 2.15. The zero-order valence-corrected chi connectivity index (χ0v) is 9.83. The Morgan fingerprint density at radius 3 is 3.25 bits per heavy atom. The number of nitrogens with zero attached hydrogens (tertiary/aromatic N) is 2. The molecular weight excluding hydrogens is 200 g/mol. The molecule has 1 aliphatic carbocycles. The molecule has 1 aliphatic heterocycles. The van der Waals surface area contributed by atoms with Crippen LogP contribution in [0.4, 0.5) is 0 Å². The summed E-state index contributed by atoms with van der Waals surface area (Å²) in [5.74, 6) is 1.45. The second-order valence-electron chi connectivity index (χ2n) is 3.92. The van der Waals surface area contributed by atoms with Crippen molar-refractivity contribution < 1.29 is 0 Å². The van der Waals surface area contributed by atoms with Crippen LogP contribution in [0.5, 0.6) is 0 Å². The minimum absolute atomic E-state index is 0.353. The Balaban J connectivity index is 2.18. The molecule has 2 N–H and O–H groups in total. The molecular formula is C12H18N4. The molecule has 0 saturated carbocycles. The highest BCUT2D eigenvalue weighted by Gasteiger charge is 2.26. The highest BCUT2D eigenvalue weighted by Crippen LogP contribution is 2.25. The van der Waals surface area contributed by atoms with Crippen LogP contribution in [-0.4, -0.2) is 32.3 Å². The number of fused-ring (bicyclic) bond motifs is 1. The third-order valence-corrected chi connectivity index (χ3v) is 2.81.